The van der Waals surface area contributed by atoms with Crippen LogP contribution in [-0.2, 0) is 0 Å². The van der Waals surface area contributed by atoms with Crippen LogP contribution in [-0.4, -0.2) is 7.11 Å². The summed E-state index contributed by atoms with van der Waals surface area (Å²) in [6, 6.07) is 16.4. The molecule has 1 nitrogen and oxygen atoms in total. The normalized spacial score (nSPS) is 13.9. The van der Waals surface area contributed by atoms with Gasteiger partial charge in [-0.15, -0.1) is 11.6 Å². The third-order valence-electron chi connectivity index (χ3n) is 3.54. The smallest absolute Gasteiger partial charge is 0.119 e. The molecule has 0 aliphatic carbocycles. The van der Waals surface area contributed by atoms with Gasteiger partial charge in [0.25, 0.3) is 0 Å². The van der Waals surface area contributed by atoms with Crippen LogP contribution in [0.5, 0.6) is 5.75 Å². The predicted molar refractivity (Wildman–Crippen MR) is 81.2 cm³/mol. The Morgan fingerprint density at radius 1 is 1.05 bits per heavy atom. The molecule has 0 aromatic heterocycles. The topological polar surface area (TPSA) is 9.23 Å². The van der Waals surface area contributed by atoms with Crippen LogP contribution in [0.4, 0.5) is 0 Å². The molecule has 2 rings (SSSR count). The first-order valence-corrected chi connectivity index (χ1v) is 6.90. The number of aryl methyl sites for hydroxylation is 1. The Balaban J connectivity index is 2.26. The van der Waals surface area contributed by atoms with E-state index in [4.69, 9.17) is 16.3 Å². The molecule has 2 aromatic rings. The van der Waals surface area contributed by atoms with E-state index >= 15 is 0 Å². The van der Waals surface area contributed by atoms with Crippen LogP contribution in [0.15, 0.2) is 48.5 Å². The van der Waals surface area contributed by atoms with Crippen LogP contribution in [0, 0.1) is 6.92 Å². The molecule has 0 saturated heterocycles. The molecule has 0 saturated carbocycles. The summed E-state index contributed by atoms with van der Waals surface area (Å²) in [7, 11) is 1.68. The van der Waals surface area contributed by atoms with Crippen LogP contribution in [0.1, 0.15) is 34.9 Å². The van der Waals surface area contributed by atoms with Gasteiger partial charge in [0.1, 0.15) is 5.75 Å². The summed E-state index contributed by atoms with van der Waals surface area (Å²) in [6.07, 6.45) is 0. The SMILES string of the molecule is COc1ccc(C(Cl)C(C)c2ccccc2)c(C)c1. The van der Waals surface area contributed by atoms with Gasteiger partial charge in [-0.3, -0.25) is 0 Å². The van der Waals surface area contributed by atoms with Crippen molar-refractivity contribution in [1.82, 2.24) is 0 Å². The van der Waals surface area contributed by atoms with Crippen molar-refractivity contribution in [3.63, 3.8) is 0 Å². The lowest BCUT2D eigenvalue weighted by atomic mass is 9.91. The summed E-state index contributed by atoms with van der Waals surface area (Å²) in [5, 5.41) is -0.0340. The lowest BCUT2D eigenvalue weighted by molar-refractivity contribution is 0.414. The minimum Gasteiger partial charge on any atom is -0.497 e. The highest BCUT2D eigenvalue weighted by Crippen LogP contribution is 2.38. The molecule has 2 aromatic carbocycles. The van der Waals surface area contributed by atoms with E-state index in [1.54, 1.807) is 7.11 Å². The minimum absolute atomic E-state index is 0.0340. The number of halogens is 1. The van der Waals surface area contributed by atoms with Crippen LogP contribution >= 0.6 is 11.6 Å². The quantitative estimate of drug-likeness (QED) is 0.706. The number of benzene rings is 2. The van der Waals surface area contributed by atoms with Gasteiger partial charge in [-0.2, -0.15) is 0 Å². The molecule has 2 unspecified atom stereocenters. The molecule has 0 radical (unpaired) electrons. The first kappa shape index (κ1) is 14.0. The highest BCUT2D eigenvalue weighted by molar-refractivity contribution is 6.21. The third-order valence-corrected chi connectivity index (χ3v) is 4.15. The Morgan fingerprint density at radius 2 is 1.74 bits per heavy atom. The molecule has 0 heterocycles. The van der Waals surface area contributed by atoms with E-state index in [-0.39, 0.29) is 11.3 Å². The molecule has 0 aliphatic rings. The summed E-state index contributed by atoms with van der Waals surface area (Å²) in [4.78, 5) is 0. The van der Waals surface area contributed by atoms with Crippen molar-refractivity contribution in [2.24, 2.45) is 0 Å². The molecule has 0 amide bonds. The predicted octanol–water partition coefficient (Wildman–Crippen LogP) is 5.09. The average molecular weight is 275 g/mol. The van der Waals surface area contributed by atoms with Gasteiger partial charge < -0.3 is 4.74 Å². The van der Waals surface area contributed by atoms with E-state index in [1.165, 1.54) is 16.7 Å². The van der Waals surface area contributed by atoms with Gasteiger partial charge in [0.15, 0.2) is 0 Å². The van der Waals surface area contributed by atoms with Crippen molar-refractivity contribution < 1.29 is 4.74 Å². The molecular weight excluding hydrogens is 256 g/mol. The molecule has 19 heavy (non-hydrogen) atoms. The summed E-state index contributed by atoms with van der Waals surface area (Å²) >= 11 is 6.65. The number of ether oxygens (including phenoxy) is 1. The molecule has 100 valence electrons. The van der Waals surface area contributed by atoms with Gasteiger partial charge >= 0.3 is 0 Å². The Kier molecular flexibility index (Phi) is 4.49. The van der Waals surface area contributed by atoms with Gasteiger partial charge in [0.2, 0.25) is 0 Å². The van der Waals surface area contributed by atoms with E-state index in [0.717, 1.165) is 5.75 Å². The molecule has 0 N–H and O–H groups in total. The van der Waals surface area contributed by atoms with Gasteiger partial charge in [-0.1, -0.05) is 43.3 Å². The summed E-state index contributed by atoms with van der Waals surface area (Å²) < 4.78 is 5.23. The molecule has 0 aliphatic heterocycles. The molecule has 0 fully saturated rings. The Morgan fingerprint density at radius 3 is 2.32 bits per heavy atom. The van der Waals surface area contributed by atoms with Crippen molar-refractivity contribution >= 4 is 11.6 Å². The summed E-state index contributed by atoms with van der Waals surface area (Å²) in [5.74, 6) is 1.15. The minimum atomic E-state index is -0.0340. The Bertz CT molecular complexity index is 536. The maximum atomic E-state index is 6.65. The second-order valence-electron chi connectivity index (χ2n) is 4.82. The molecular formula is C17H19ClO. The van der Waals surface area contributed by atoms with Crippen LogP contribution in [0.2, 0.25) is 0 Å². The van der Waals surface area contributed by atoms with E-state index < -0.39 is 0 Å². The first-order chi connectivity index (χ1) is 9.13. The zero-order valence-corrected chi connectivity index (χ0v) is 12.3. The fourth-order valence-electron chi connectivity index (χ4n) is 2.28. The number of hydrogen-bond donors (Lipinski definition) is 0. The van der Waals surface area contributed by atoms with Crippen molar-refractivity contribution in [2.45, 2.75) is 25.1 Å². The molecule has 0 bridgehead atoms. The standard InChI is InChI=1S/C17H19ClO/c1-12-11-15(19-3)9-10-16(12)17(18)13(2)14-7-5-4-6-8-14/h4-11,13,17H,1-3H3. The lowest BCUT2D eigenvalue weighted by Crippen LogP contribution is -2.04. The van der Waals surface area contributed by atoms with Gasteiger partial charge in [0, 0.05) is 5.92 Å². The zero-order valence-electron chi connectivity index (χ0n) is 11.6. The number of methoxy groups -OCH3 is 1. The Hall–Kier alpha value is -1.47. The van der Waals surface area contributed by atoms with Gasteiger partial charge in [-0.25, -0.2) is 0 Å². The van der Waals surface area contributed by atoms with Gasteiger partial charge in [-0.05, 0) is 35.7 Å². The van der Waals surface area contributed by atoms with Crippen LogP contribution in [0.25, 0.3) is 0 Å². The van der Waals surface area contributed by atoms with Crippen molar-refractivity contribution in [2.75, 3.05) is 7.11 Å². The maximum absolute atomic E-state index is 6.65. The maximum Gasteiger partial charge on any atom is 0.119 e. The zero-order chi connectivity index (χ0) is 13.8. The second-order valence-corrected chi connectivity index (χ2v) is 5.29. The largest absolute Gasteiger partial charge is 0.497 e. The first-order valence-electron chi connectivity index (χ1n) is 6.47. The van der Waals surface area contributed by atoms with Crippen LogP contribution < -0.4 is 4.74 Å². The van der Waals surface area contributed by atoms with E-state index in [9.17, 15) is 0 Å². The average Bonchev–Trinajstić information content (AvgIpc) is 2.46. The third kappa shape index (κ3) is 3.10. The second kappa shape index (κ2) is 6.12. The van der Waals surface area contributed by atoms with Crippen molar-refractivity contribution in [1.29, 1.82) is 0 Å². The fourth-order valence-corrected chi connectivity index (χ4v) is 2.67. The van der Waals surface area contributed by atoms with E-state index in [0.29, 0.717) is 0 Å². The van der Waals surface area contributed by atoms with E-state index in [2.05, 4.69) is 44.2 Å². The number of hydrogen-bond acceptors (Lipinski definition) is 1. The number of alkyl halides is 1. The monoisotopic (exact) mass is 274 g/mol. The van der Waals surface area contributed by atoms with E-state index in [1.807, 2.05) is 18.2 Å². The highest BCUT2D eigenvalue weighted by atomic mass is 35.5. The molecule has 2 atom stereocenters. The van der Waals surface area contributed by atoms with Crippen molar-refractivity contribution in [3.05, 3.63) is 65.2 Å². The molecule has 0 spiro atoms. The van der Waals surface area contributed by atoms with Crippen molar-refractivity contribution in [3.8, 4) is 5.75 Å². The highest BCUT2D eigenvalue weighted by Gasteiger charge is 2.20. The Labute approximate surface area is 120 Å². The molecule has 2 heteroatoms. The number of rotatable bonds is 4. The fraction of sp³-hybridized carbons (Fsp3) is 0.294. The van der Waals surface area contributed by atoms with Gasteiger partial charge in [0.05, 0.1) is 12.5 Å². The van der Waals surface area contributed by atoms with Crippen LogP contribution in [0.3, 0.4) is 0 Å². The summed E-state index contributed by atoms with van der Waals surface area (Å²) in [6.45, 7) is 4.24. The lowest BCUT2D eigenvalue weighted by Gasteiger charge is -2.21. The summed E-state index contributed by atoms with van der Waals surface area (Å²) in [5.41, 5.74) is 3.60.